The van der Waals surface area contributed by atoms with Gasteiger partial charge in [-0.3, -0.25) is 19.5 Å². The molecular formula is C20H23FN4O3. The van der Waals surface area contributed by atoms with E-state index in [0.717, 1.165) is 11.1 Å². The number of aromatic nitrogens is 1. The van der Waals surface area contributed by atoms with Crippen molar-refractivity contribution in [1.29, 1.82) is 0 Å². The van der Waals surface area contributed by atoms with Crippen molar-refractivity contribution in [3.63, 3.8) is 0 Å². The summed E-state index contributed by atoms with van der Waals surface area (Å²) in [6.45, 7) is 2.87. The number of halogens is 1. The highest BCUT2D eigenvalue weighted by Crippen LogP contribution is 2.21. The summed E-state index contributed by atoms with van der Waals surface area (Å²) in [6.07, 6.45) is 3.29. The Kier molecular flexibility index (Phi) is 6.54. The van der Waals surface area contributed by atoms with Crippen molar-refractivity contribution in [2.24, 2.45) is 0 Å². The standard InChI is InChI=1S/C20H23FN4O3/c1-28-18-5-4-17(21)11-16(18)14-24-7-9-25(10-8-24)20(27)19(26)23-13-15-3-2-6-22-12-15/h2-6,11-12H,7-10,13-14H2,1H3,(H,23,26). The molecule has 8 heteroatoms. The molecule has 3 rings (SSSR count). The molecule has 0 unspecified atom stereocenters. The second-order valence-corrected chi connectivity index (χ2v) is 6.57. The molecule has 0 aliphatic carbocycles. The van der Waals surface area contributed by atoms with Crippen LogP contribution in [0.25, 0.3) is 0 Å². The maximum Gasteiger partial charge on any atom is 0.311 e. The molecule has 2 heterocycles. The minimum absolute atomic E-state index is 0.262. The molecule has 0 atom stereocenters. The largest absolute Gasteiger partial charge is 0.496 e. The number of nitrogens with one attached hydrogen (secondary N) is 1. The molecular weight excluding hydrogens is 363 g/mol. The van der Waals surface area contributed by atoms with Gasteiger partial charge in [-0.15, -0.1) is 0 Å². The van der Waals surface area contributed by atoms with E-state index in [1.54, 1.807) is 31.6 Å². The molecule has 0 bridgehead atoms. The van der Waals surface area contributed by atoms with E-state index in [4.69, 9.17) is 4.74 Å². The van der Waals surface area contributed by atoms with Crippen LogP contribution in [0.15, 0.2) is 42.7 Å². The van der Waals surface area contributed by atoms with E-state index in [0.29, 0.717) is 38.5 Å². The maximum atomic E-state index is 13.5. The van der Waals surface area contributed by atoms with E-state index in [1.807, 2.05) is 6.07 Å². The second-order valence-electron chi connectivity index (χ2n) is 6.57. The normalized spacial score (nSPS) is 14.6. The lowest BCUT2D eigenvalue weighted by atomic mass is 10.1. The Morgan fingerprint density at radius 1 is 1.21 bits per heavy atom. The Hall–Kier alpha value is -3.00. The first-order valence-electron chi connectivity index (χ1n) is 9.07. The molecule has 1 aromatic carbocycles. The average molecular weight is 386 g/mol. The van der Waals surface area contributed by atoms with Crippen LogP contribution in [0.1, 0.15) is 11.1 Å². The Morgan fingerprint density at radius 2 is 2.00 bits per heavy atom. The van der Waals surface area contributed by atoms with Gasteiger partial charge in [0.1, 0.15) is 11.6 Å². The lowest BCUT2D eigenvalue weighted by molar-refractivity contribution is -0.147. The van der Waals surface area contributed by atoms with Crippen LogP contribution in [-0.4, -0.2) is 59.9 Å². The average Bonchev–Trinajstić information content (AvgIpc) is 2.73. The first-order chi connectivity index (χ1) is 13.6. The summed E-state index contributed by atoms with van der Waals surface area (Å²) in [5.41, 5.74) is 1.59. The first-order valence-corrected chi connectivity index (χ1v) is 9.07. The van der Waals surface area contributed by atoms with Gasteiger partial charge >= 0.3 is 11.8 Å². The minimum atomic E-state index is -0.621. The van der Waals surface area contributed by atoms with Crippen LogP contribution in [-0.2, 0) is 22.7 Å². The number of nitrogens with zero attached hydrogens (tertiary/aromatic N) is 3. The lowest BCUT2D eigenvalue weighted by Crippen LogP contribution is -2.52. The summed E-state index contributed by atoms with van der Waals surface area (Å²) in [6, 6.07) is 8.04. The van der Waals surface area contributed by atoms with Crippen LogP contribution < -0.4 is 10.1 Å². The fourth-order valence-corrected chi connectivity index (χ4v) is 3.12. The predicted octanol–water partition coefficient (Wildman–Crippen LogP) is 1.19. The minimum Gasteiger partial charge on any atom is -0.496 e. The van der Waals surface area contributed by atoms with Crippen molar-refractivity contribution in [2.75, 3.05) is 33.3 Å². The lowest BCUT2D eigenvalue weighted by Gasteiger charge is -2.34. The number of rotatable bonds is 5. The van der Waals surface area contributed by atoms with Crippen LogP contribution in [0.5, 0.6) is 5.75 Å². The number of amides is 2. The van der Waals surface area contributed by atoms with Crippen molar-refractivity contribution in [3.8, 4) is 5.75 Å². The summed E-state index contributed by atoms with van der Waals surface area (Å²) in [7, 11) is 1.55. The van der Waals surface area contributed by atoms with Gasteiger partial charge in [0.2, 0.25) is 0 Å². The van der Waals surface area contributed by atoms with Gasteiger partial charge in [-0.05, 0) is 29.8 Å². The van der Waals surface area contributed by atoms with Crippen LogP contribution in [0.4, 0.5) is 4.39 Å². The van der Waals surface area contributed by atoms with E-state index in [-0.39, 0.29) is 12.4 Å². The number of ether oxygens (including phenoxy) is 1. The molecule has 1 saturated heterocycles. The highest BCUT2D eigenvalue weighted by atomic mass is 19.1. The molecule has 1 fully saturated rings. The predicted molar refractivity (Wildman–Crippen MR) is 101 cm³/mol. The van der Waals surface area contributed by atoms with Gasteiger partial charge in [0.15, 0.2) is 0 Å². The third-order valence-corrected chi connectivity index (χ3v) is 4.67. The fraction of sp³-hybridized carbons (Fsp3) is 0.350. The van der Waals surface area contributed by atoms with Gasteiger partial charge in [0.05, 0.1) is 7.11 Å². The van der Waals surface area contributed by atoms with Crippen molar-refractivity contribution in [3.05, 3.63) is 59.7 Å². The van der Waals surface area contributed by atoms with E-state index >= 15 is 0 Å². The summed E-state index contributed by atoms with van der Waals surface area (Å²) >= 11 is 0. The quantitative estimate of drug-likeness (QED) is 0.782. The topological polar surface area (TPSA) is 74.8 Å². The number of carbonyl (C=O) groups is 2. The van der Waals surface area contributed by atoms with Crippen LogP contribution in [0.3, 0.4) is 0 Å². The molecule has 28 heavy (non-hydrogen) atoms. The third-order valence-electron chi connectivity index (χ3n) is 4.67. The smallest absolute Gasteiger partial charge is 0.311 e. The molecule has 0 radical (unpaired) electrons. The third kappa shape index (κ3) is 5.04. The highest BCUT2D eigenvalue weighted by Gasteiger charge is 2.26. The number of piperazine rings is 1. The molecule has 7 nitrogen and oxygen atoms in total. The van der Waals surface area contributed by atoms with Gasteiger partial charge in [-0.1, -0.05) is 6.07 Å². The molecule has 1 aliphatic rings. The molecule has 1 aromatic heterocycles. The van der Waals surface area contributed by atoms with Crippen molar-refractivity contribution in [1.82, 2.24) is 20.1 Å². The number of carbonyl (C=O) groups excluding carboxylic acids is 2. The molecule has 1 N–H and O–H groups in total. The number of hydrogen-bond donors (Lipinski definition) is 1. The molecule has 0 spiro atoms. The number of benzene rings is 1. The summed E-state index contributed by atoms with van der Waals surface area (Å²) in [4.78, 5) is 32.1. The van der Waals surface area contributed by atoms with Gasteiger partial charge in [0.25, 0.3) is 0 Å². The number of methoxy groups -OCH3 is 1. The van der Waals surface area contributed by atoms with E-state index in [1.165, 1.54) is 17.0 Å². The van der Waals surface area contributed by atoms with E-state index < -0.39 is 11.8 Å². The van der Waals surface area contributed by atoms with Gasteiger partial charge < -0.3 is 15.0 Å². The Bertz CT molecular complexity index is 823. The van der Waals surface area contributed by atoms with Crippen molar-refractivity contribution < 1.29 is 18.7 Å². The fourth-order valence-electron chi connectivity index (χ4n) is 3.12. The number of pyridine rings is 1. The van der Waals surface area contributed by atoms with Crippen molar-refractivity contribution >= 4 is 11.8 Å². The SMILES string of the molecule is COc1ccc(F)cc1CN1CCN(C(=O)C(=O)NCc2cccnc2)CC1. The second kappa shape index (κ2) is 9.27. The first kappa shape index (κ1) is 19.8. The van der Waals surface area contributed by atoms with Gasteiger partial charge in [-0.2, -0.15) is 0 Å². The zero-order chi connectivity index (χ0) is 19.9. The molecule has 0 saturated carbocycles. The van der Waals surface area contributed by atoms with E-state index in [9.17, 15) is 14.0 Å². The summed E-state index contributed by atoms with van der Waals surface area (Å²) in [5.74, 6) is -0.833. The molecule has 148 valence electrons. The zero-order valence-electron chi connectivity index (χ0n) is 15.7. The molecule has 2 aromatic rings. The number of hydrogen-bond acceptors (Lipinski definition) is 5. The highest BCUT2D eigenvalue weighted by molar-refractivity contribution is 6.35. The van der Waals surface area contributed by atoms with Gasteiger partial charge in [0, 0.05) is 57.2 Å². The Balaban J connectivity index is 1.48. The monoisotopic (exact) mass is 386 g/mol. The Labute approximate surface area is 163 Å². The maximum absolute atomic E-state index is 13.5. The van der Waals surface area contributed by atoms with Crippen molar-refractivity contribution in [2.45, 2.75) is 13.1 Å². The Morgan fingerprint density at radius 3 is 2.68 bits per heavy atom. The summed E-state index contributed by atoms with van der Waals surface area (Å²) in [5, 5.41) is 2.63. The van der Waals surface area contributed by atoms with Crippen LogP contribution in [0, 0.1) is 5.82 Å². The van der Waals surface area contributed by atoms with E-state index in [2.05, 4.69) is 15.2 Å². The van der Waals surface area contributed by atoms with Crippen LogP contribution >= 0.6 is 0 Å². The van der Waals surface area contributed by atoms with Crippen LogP contribution in [0.2, 0.25) is 0 Å². The summed E-state index contributed by atoms with van der Waals surface area (Å²) < 4.78 is 18.8. The molecule has 2 amide bonds. The molecule has 1 aliphatic heterocycles. The zero-order valence-corrected chi connectivity index (χ0v) is 15.7. The van der Waals surface area contributed by atoms with Gasteiger partial charge in [-0.25, -0.2) is 4.39 Å².